The summed E-state index contributed by atoms with van der Waals surface area (Å²) in [7, 11) is 0. The van der Waals surface area contributed by atoms with E-state index < -0.39 is 0 Å². The first kappa shape index (κ1) is 11.0. The molecular formula is C11H18N2O. The van der Waals surface area contributed by atoms with Crippen molar-refractivity contribution in [2.45, 2.75) is 51.6 Å². The molecule has 0 N–H and O–H groups in total. The maximum absolute atomic E-state index is 8.70. The zero-order chi connectivity index (χ0) is 10.4. The summed E-state index contributed by atoms with van der Waals surface area (Å²) in [6.45, 7) is 4.00. The van der Waals surface area contributed by atoms with Crippen molar-refractivity contribution in [3.63, 3.8) is 0 Å². The minimum absolute atomic E-state index is 0.0205. The van der Waals surface area contributed by atoms with Gasteiger partial charge in [0.05, 0.1) is 6.07 Å². The van der Waals surface area contributed by atoms with Crippen molar-refractivity contribution in [3.05, 3.63) is 0 Å². The first-order valence-electron chi connectivity index (χ1n) is 5.44. The highest BCUT2D eigenvalue weighted by atomic mass is 16.7. The normalized spacial score (nSPS) is 34.2. The molecule has 1 fully saturated rings. The Morgan fingerprint density at radius 3 is 2.50 bits per heavy atom. The fraction of sp³-hybridized carbons (Fsp3) is 0.818. The molecule has 0 unspecified atom stereocenters. The van der Waals surface area contributed by atoms with Crippen LogP contribution in [0.5, 0.6) is 0 Å². The number of hydrogen-bond donors (Lipinski definition) is 0. The Kier molecular flexibility index (Phi) is 3.94. The lowest BCUT2D eigenvalue weighted by Crippen LogP contribution is -2.33. The van der Waals surface area contributed by atoms with Crippen LogP contribution >= 0.6 is 0 Å². The molecule has 0 amide bonds. The van der Waals surface area contributed by atoms with Crippen LogP contribution in [0.25, 0.3) is 0 Å². The molecule has 0 aromatic heterocycles. The van der Waals surface area contributed by atoms with Crippen molar-refractivity contribution in [3.8, 4) is 6.07 Å². The highest BCUT2D eigenvalue weighted by Gasteiger charge is 2.39. The standard InChI is InChI=1S/C9H12N2O.C2H6/c10-7-8-1-3-9(4-2-8)5-6-11-12-9;1-2/h6,8H,1-5H2;1-2H3. The molecule has 0 bridgehead atoms. The van der Waals surface area contributed by atoms with Gasteiger partial charge in [-0.3, -0.25) is 0 Å². The third kappa shape index (κ3) is 2.25. The molecule has 1 aliphatic carbocycles. The molecule has 3 nitrogen and oxygen atoms in total. The zero-order valence-corrected chi connectivity index (χ0v) is 8.99. The predicted molar refractivity (Wildman–Crippen MR) is 55.8 cm³/mol. The number of oxime groups is 1. The summed E-state index contributed by atoms with van der Waals surface area (Å²) < 4.78 is 0. The van der Waals surface area contributed by atoms with Crippen LogP contribution in [0.2, 0.25) is 0 Å². The molecular weight excluding hydrogens is 176 g/mol. The first-order valence-corrected chi connectivity index (χ1v) is 5.44. The number of nitrogens with zero attached hydrogens (tertiary/aromatic N) is 2. The van der Waals surface area contributed by atoms with Gasteiger partial charge in [0.25, 0.3) is 0 Å². The zero-order valence-electron chi connectivity index (χ0n) is 8.99. The molecule has 0 saturated heterocycles. The van der Waals surface area contributed by atoms with Crippen LogP contribution in [0.4, 0.5) is 0 Å². The van der Waals surface area contributed by atoms with Gasteiger partial charge in [0, 0.05) is 18.6 Å². The number of hydrogen-bond acceptors (Lipinski definition) is 3. The Balaban J connectivity index is 0.000000461. The Morgan fingerprint density at radius 2 is 2.07 bits per heavy atom. The fourth-order valence-corrected chi connectivity index (χ4v) is 1.96. The van der Waals surface area contributed by atoms with E-state index in [0.29, 0.717) is 0 Å². The van der Waals surface area contributed by atoms with E-state index in [4.69, 9.17) is 10.1 Å². The van der Waals surface area contributed by atoms with Crippen LogP contribution in [0.15, 0.2) is 5.16 Å². The average molecular weight is 194 g/mol. The van der Waals surface area contributed by atoms with E-state index in [0.717, 1.165) is 32.1 Å². The maximum Gasteiger partial charge on any atom is 0.142 e. The second kappa shape index (κ2) is 4.99. The van der Waals surface area contributed by atoms with Gasteiger partial charge in [-0.25, -0.2) is 0 Å². The van der Waals surface area contributed by atoms with Crippen molar-refractivity contribution in [2.75, 3.05) is 0 Å². The van der Waals surface area contributed by atoms with Gasteiger partial charge < -0.3 is 4.84 Å². The molecule has 1 aliphatic heterocycles. The summed E-state index contributed by atoms with van der Waals surface area (Å²) >= 11 is 0. The van der Waals surface area contributed by atoms with Crippen molar-refractivity contribution >= 4 is 6.21 Å². The fourth-order valence-electron chi connectivity index (χ4n) is 1.96. The van der Waals surface area contributed by atoms with Crippen molar-refractivity contribution < 1.29 is 4.84 Å². The summed E-state index contributed by atoms with van der Waals surface area (Å²) in [5.41, 5.74) is -0.0205. The van der Waals surface area contributed by atoms with Crippen LogP contribution < -0.4 is 0 Å². The molecule has 3 heteroatoms. The molecule has 78 valence electrons. The minimum atomic E-state index is -0.0205. The van der Waals surface area contributed by atoms with Crippen molar-refractivity contribution in [2.24, 2.45) is 11.1 Å². The van der Waals surface area contributed by atoms with Gasteiger partial charge in [-0.2, -0.15) is 5.26 Å². The molecule has 1 heterocycles. The predicted octanol–water partition coefficient (Wildman–Crippen LogP) is 2.87. The van der Waals surface area contributed by atoms with Gasteiger partial charge in [-0.15, -0.1) is 0 Å². The van der Waals surface area contributed by atoms with Gasteiger partial charge in [0.15, 0.2) is 0 Å². The van der Waals surface area contributed by atoms with E-state index in [1.807, 2.05) is 20.1 Å². The lowest BCUT2D eigenvalue weighted by atomic mass is 9.78. The molecule has 2 aliphatic rings. The largest absolute Gasteiger partial charge is 0.389 e. The van der Waals surface area contributed by atoms with Gasteiger partial charge in [-0.05, 0) is 25.7 Å². The molecule has 0 radical (unpaired) electrons. The lowest BCUT2D eigenvalue weighted by Gasteiger charge is -2.32. The van der Waals surface area contributed by atoms with Crippen molar-refractivity contribution in [1.82, 2.24) is 0 Å². The summed E-state index contributed by atoms with van der Waals surface area (Å²) in [6, 6.07) is 2.31. The van der Waals surface area contributed by atoms with Crippen LogP contribution in [0.3, 0.4) is 0 Å². The molecule has 14 heavy (non-hydrogen) atoms. The third-order valence-corrected chi connectivity index (χ3v) is 2.86. The van der Waals surface area contributed by atoms with E-state index in [2.05, 4.69) is 11.2 Å². The summed E-state index contributed by atoms with van der Waals surface area (Å²) in [4.78, 5) is 5.33. The third-order valence-electron chi connectivity index (χ3n) is 2.86. The van der Waals surface area contributed by atoms with E-state index in [9.17, 15) is 0 Å². The topological polar surface area (TPSA) is 45.4 Å². The smallest absolute Gasteiger partial charge is 0.142 e. The van der Waals surface area contributed by atoms with Crippen LogP contribution in [-0.2, 0) is 4.84 Å². The average Bonchev–Trinajstić information content (AvgIpc) is 2.71. The quantitative estimate of drug-likeness (QED) is 0.595. The molecule has 0 aromatic carbocycles. The van der Waals surface area contributed by atoms with Crippen LogP contribution in [0.1, 0.15) is 46.0 Å². The van der Waals surface area contributed by atoms with Crippen LogP contribution in [-0.4, -0.2) is 11.8 Å². The Hall–Kier alpha value is -1.04. The molecule has 0 aromatic rings. The van der Waals surface area contributed by atoms with E-state index >= 15 is 0 Å². The Bertz CT molecular complexity index is 224. The lowest BCUT2D eigenvalue weighted by molar-refractivity contribution is -0.0501. The Labute approximate surface area is 85.7 Å². The minimum Gasteiger partial charge on any atom is -0.389 e. The molecule has 1 spiro atoms. The van der Waals surface area contributed by atoms with Gasteiger partial charge >= 0.3 is 0 Å². The number of nitriles is 1. The van der Waals surface area contributed by atoms with Gasteiger partial charge in [0.2, 0.25) is 0 Å². The summed E-state index contributed by atoms with van der Waals surface area (Å²) in [5.74, 6) is 0.250. The molecule has 1 saturated carbocycles. The van der Waals surface area contributed by atoms with E-state index in [-0.39, 0.29) is 11.5 Å². The molecule has 0 atom stereocenters. The van der Waals surface area contributed by atoms with Gasteiger partial charge in [0.1, 0.15) is 5.60 Å². The van der Waals surface area contributed by atoms with Gasteiger partial charge in [-0.1, -0.05) is 19.0 Å². The number of rotatable bonds is 0. The van der Waals surface area contributed by atoms with Crippen LogP contribution in [0, 0.1) is 17.2 Å². The van der Waals surface area contributed by atoms with E-state index in [1.54, 1.807) is 0 Å². The van der Waals surface area contributed by atoms with Crippen molar-refractivity contribution in [1.29, 1.82) is 5.26 Å². The highest BCUT2D eigenvalue weighted by molar-refractivity contribution is 5.59. The second-order valence-corrected chi connectivity index (χ2v) is 3.67. The summed E-state index contributed by atoms with van der Waals surface area (Å²) in [5, 5.41) is 12.5. The summed E-state index contributed by atoms with van der Waals surface area (Å²) in [6.07, 6.45) is 6.70. The van der Waals surface area contributed by atoms with E-state index in [1.165, 1.54) is 0 Å². The highest BCUT2D eigenvalue weighted by Crippen LogP contribution is 2.38. The maximum atomic E-state index is 8.70. The SMILES string of the molecule is CC.N#CC1CCC2(CC=NO2)CC1. The Morgan fingerprint density at radius 1 is 1.43 bits per heavy atom. The molecule has 2 rings (SSSR count). The monoisotopic (exact) mass is 194 g/mol. The second-order valence-electron chi connectivity index (χ2n) is 3.67. The first-order chi connectivity index (χ1) is 6.85.